The van der Waals surface area contributed by atoms with E-state index in [1.54, 1.807) is 0 Å². The molecule has 0 spiro atoms. The molecular formula is C62H46N4. The molecule has 2 heterocycles. The van der Waals surface area contributed by atoms with Crippen LogP contribution in [0.4, 0.5) is 0 Å². The van der Waals surface area contributed by atoms with Crippen molar-refractivity contribution in [2.45, 2.75) is 13.8 Å². The number of aliphatic imine (C=N–C) groups is 2. The van der Waals surface area contributed by atoms with Crippen molar-refractivity contribution in [2.24, 2.45) is 9.98 Å². The fourth-order valence-corrected chi connectivity index (χ4v) is 9.47. The van der Waals surface area contributed by atoms with Crippen LogP contribution in [-0.2, 0) is 0 Å². The number of allylic oxidation sites excluding steroid dienone is 2. The topological polar surface area (TPSA) is 34.6 Å². The van der Waals surface area contributed by atoms with Crippen molar-refractivity contribution < 1.29 is 0 Å². The zero-order valence-electron chi connectivity index (χ0n) is 37.0. The molecule has 0 saturated heterocycles. The van der Waals surface area contributed by atoms with Gasteiger partial charge in [-0.15, -0.1) is 0 Å². The third-order valence-electron chi connectivity index (χ3n) is 12.8. The van der Waals surface area contributed by atoms with Crippen molar-refractivity contribution in [3.63, 3.8) is 0 Å². The van der Waals surface area contributed by atoms with Gasteiger partial charge in [-0.3, -0.25) is 4.57 Å². The second-order valence-electron chi connectivity index (χ2n) is 16.8. The molecule has 2 aromatic heterocycles. The van der Waals surface area contributed by atoms with Gasteiger partial charge >= 0.3 is 0 Å². The Morgan fingerprint density at radius 1 is 0.500 bits per heavy atom. The Labute approximate surface area is 384 Å². The van der Waals surface area contributed by atoms with Crippen molar-refractivity contribution in [2.75, 3.05) is 0 Å². The molecule has 0 amide bonds. The maximum atomic E-state index is 5.57. The average Bonchev–Trinajstić information content (AvgIpc) is 3.86. The standard InChI is InChI=1S/C62H46N4/c1-5-6-29-58-41(2)55-35-36-57-56-28-14-15-30-59(56)66(61(57)60(55)65(58)54-26-8-7-9-27-54)62(63-42(3)46-22-16-24-50(37-46)52-33-31-44-18-10-12-20-48(44)39-52)64-43(4)47-23-17-25-51(38-47)53-34-32-45-19-11-13-21-49(45)40-53/h5-40H,1,3H2,2,4H3/b29-6-,63-62+,64-43+. The number of benzene rings is 9. The van der Waals surface area contributed by atoms with Crippen LogP contribution >= 0.6 is 0 Å². The van der Waals surface area contributed by atoms with Crippen molar-refractivity contribution in [1.82, 2.24) is 9.13 Å². The number of aromatic nitrogens is 2. The first-order valence-electron chi connectivity index (χ1n) is 22.4. The van der Waals surface area contributed by atoms with Gasteiger partial charge in [0.1, 0.15) is 0 Å². The molecule has 9 aromatic carbocycles. The summed E-state index contributed by atoms with van der Waals surface area (Å²) in [7, 11) is 0. The van der Waals surface area contributed by atoms with E-state index in [0.717, 1.165) is 83.2 Å². The van der Waals surface area contributed by atoms with Crippen molar-refractivity contribution in [1.29, 1.82) is 0 Å². The van der Waals surface area contributed by atoms with Crippen LogP contribution < -0.4 is 0 Å². The zero-order valence-corrected chi connectivity index (χ0v) is 37.0. The van der Waals surface area contributed by atoms with Crippen molar-refractivity contribution >= 4 is 77.7 Å². The summed E-state index contributed by atoms with van der Waals surface area (Å²) < 4.78 is 4.62. The summed E-state index contributed by atoms with van der Waals surface area (Å²) in [6.45, 7) is 13.0. The lowest BCUT2D eigenvalue weighted by Gasteiger charge is -2.14. The maximum Gasteiger partial charge on any atom is 0.235 e. The number of hydrogen-bond acceptors (Lipinski definition) is 1. The highest BCUT2D eigenvalue weighted by Gasteiger charge is 2.24. The molecule has 0 aliphatic carbocycles. The third-order valence-corrected chi connectivity index (χ3v) is 12.8. The molecular weight excluding hydrogens is 801 g/mol. The summed E-state index contributed by atoms with van der Waals surface area (Å²) in [4.78, 5) is 11.1. The first-order chi connectivity index (χ1) is 32.4. The summed E-state index contributed by atoms with van der Waals surface area (Å²) >= 11 is 0. The Morgan fingerprint density at radius 2 is 1.08 bits per heavy atom. The molecule has 0 bridgehead atoms. The van der Waals surface area contributed by atoms with E-state index in [2.05, 4.69) is 242 Å². The first kappa shape index (κ1) is 40.2. The van der Waals surface area contributed by atoms with E-state index in [-0.39, 0.29) is 0 Å². The highest BCUT2D eigenvalue weighted by molar-refractivity contribution is 6.23. The number of aryl methyl sites for hydroxylation is 1. The lowest BCUT2D eigenvalue weighted by molar-refractivity contribution is 1.09. The quantitative estimate of drug-likeness (QED) is 0.0830. The van der Waals surface area contributed by atoms with Crippen LogP contribution in [0.3, 0.4) is 0 Å². The predicted octanol–water partition coefficient (Wildman–Crippen LogP) is 16.3. The zero-order chi connectivity index (χ0) is 44.7. The molecule has 0 aliphatic heterocycles. The molecule has 0 radical (unpaired) electrons. The molecule has 0 aliphatic rings. The molecule has 0 atom stereocenters. The summed E-state index contributed by atoms with van der Waals surface area (Å²) in [5.41, 5.74) is 14.2. The van der Waals surface area contributed by atoms with E-state index < -0.39 is 0 Å². The normalized spacial score (nSPS) is 12.3. The van der Waals surface area contributed by atoms with Gasteiger partial charge in [0.05, 0.1) is 22.2 Å². The van der Waals surface area contributed by atoms with Crippen molar-refractivity contribution in [3.05, 3.63) is 248 Å². The van der Waals surface area contributed by atoms with Crippen molar-refractivity contribution in [3.8, 4) is 27.9 Å². The van der Waals surface area contributed by atoms with Crippen LogP contribution in [0.25, 0.3) is 94.0 Å². The monoisotopic (exact) mass is 846 g/mol. The predicted molar refractivity (Wildman–Crippen MR) is 283 cm³/mol. The van der Waals surface area contributed by atoms with Gasteiger partial charge < -0.3 is 4.57 Å². The Kier molecular flexibility index (Phi) is 10.3. The smallest absolute Gasteiger partial charge is 0.235 e. The summed E-state index contributed by atoms with van der Waals surface area (Å²) in [6, 6.07) is 71.1. The second kappa shape index (κ2) is 16.8. The lowest BCUT2D eigenvalue weighted by Crippen LogP contribution is -2.13. The molecule has 0 saturated carbocycles. The van der Waals surface area contributed by atoms with E-state index in [1.807, 2.05) is 12.2 Å². The van der Waals surface area contributed by atoms with Gasteiger partial charge in [-0.05, 0) is 117 Å². The Morgan fingerprint density at radius 3 is 1.76 bits per heavy atom. The van der Waals surface area contributed by atoms with Gasteiger partial charge in [0.25, 0.3) is 0 Å². The Hall–Kier alpha value is -8.60. The molecule has 0 fully saturated rings. The average molecular weight is 847 g/mol. The van der Waals surface area contributed by atoms with E-state index in [4.69, 9.17) is 9.98 Å². The van der Waals surface area contributed by atoms with Crippen LogP contribution in [0, 0.1) is 6.92 Å². The summed E-state index contributed by atoms with van der Waals surface area (Å²) in [5, 5.41) is 8.20. The Bertz CT molecular complexity index is 3820. The summed E-state index contributed by atoms with van der Waals surface area (Å²) in [6.07, 6.45) is 5.99. The number of nitrogens with zero attached hydrogens (tertiary/aromatic N) is 4. The number of rotatable bonds is 8. The molecule has 11 aromatic rings. The van der Waals surface area contributed by atoms with Crippen LogP contribution in [0.2, 0.25) is 0 Å². The highest BCUT2D eigenvalue weighted by Crippen LogP contribution is 2.40. The molecule has 4 heteroatoms. The Balaban J connectivity index is 1.15. The summed E-state index contributed by atoms with van der Waals surface area (Å²) in [5.74, 6) is 0.519. The van der Waals surface area contributed by atoms with Crippen LogP contribution in [0.15, 0.2) is 235 Å². The van der Waals surface area contributed by atoms with E-state index in [9.17, 15) is 0 Å². The van der Waals surface area contributed by atoms with Gasteiger partial charge in [0.15, 0.2) is 0 Å². The fourth-order valence-electron chi connectivity index (χ4n) is 9.47. The largest absolute Gasteiger partial charge is 0.308 e. The molecule has 0 unspecified atom stereocenters. The van der Waals surface area contributed by atoms with Gasteiger partial charge in [0, 0.05) is 38.8 Å². The van der Waals surface area contributed by atoms with E-state index in [0.29, 0.717) is 11.7 Å². The second-order valence-corrected chi connectivity index (χ2v) is 16.8. The highest BCUT2D eigenvalue weighted by atomic mass is 15.2. The first-order valence-corrected chi connectivity index (χ1v) is 22.4. The number of fused-ring (bicyclic) bond motifs is 7. The molecule has 0 N–H and O–H groups in total. The minimum Gasteiger partial charge on any atom is -0.308 e. The van der Waals surface area contributed by atoms with Gasteiger partial charge in [-0.1, -0.05) is 183 Å². The number of para-hydroxylation sites is 2. The minimum absolute atomic E-state index is 0.519. The maximum absolute atomic E-state index is 5.57. The molecule has 4 nitrogen and oxygen atoms in total. The minimum atomic E-state index is 0.519. The third kappa shape index (κ3) is 7.15. The molecule has 11 rings (SSSR count). The van der Waals surface area contributed by atoms with Gasteiger partial charge in [0.2, 0.25) is 5.96 Å². The van der Waals surface area contributed by atoms with Crippen LogP contribution in [-0.4, -0.2) is 20.8 Å². The lowest BCUT2D eigenvalue weighted by atomic mass is 9.99. The molecule has 314 valence electrons. The van der Waals surface area contributed by atoms with Gasteiger partial charge in [-0.25, -0.2) is 9.98 Å². The van der Waals surface area contributed by atoms with E-state index >= 15 is 0 Å². The van der Waals surface area contributed by atoms with Crippen LogP contribution in [0.5, 0.6) is 0 Å². The van der Waals surface area contributed by atoms with Crippen LogP contribution in [0.1, 0.15) is 29.3 Å². The van der Waals surface area contributed by atoms with Gasteiger partial charge in [-0.2, -0.15) is 0 Å². The number of hydrogen-bond donors (Lipinski definition) is 0. The SMILES string of the molecule is C=C/C=C\c1c(C)c2ccc3c4ccccc4n(C(/N=C(\C)c4cccc(-c5ccc6ccccc6c5)c4)=N/C(=C)c4cccc(-c5ccc6ccccc6c5)c4)c3c2n1-c1ccccc1. The van der Waals surface area contributed by atoms with E-state index in [1.165, 1.54) is 27.1 Å². The fraction of sp³-hybridized carbons (Fsp3) is 0.0323. The molecule has 66 heavy (non-hydrogen) atoms.